The highest BCUT2D eigenvalue weighted by molar-refractivity contribution is 14.1. The van der Waals surface area contributed by atoms with Crippen LogP contribution in [0.4, 0.5) is 0 Å². The van der Waals surface area contributed by atoms with E-state index in [1.807, 2.05) is 24.3 Å². The first-order valence-electron chi connectivity index (χ1n) is 8.03. The number of hydrogen-bond donors (Lipinski definition) is 4. The first kappa shape index (κ1) is 20.8. The van der Waals surface area contributed by atoms with Crippen LogP contribution in [0.1, 0.15) is 11.1 Å². The van der Waals surface area contributed by atoms with E-state index in [9.17, 15) is 24.3 Å². The van der Waals surface area contributed by atoms with Gasteiger partial charge in [-0.1, -0.05) is 12.1 Å². The molecule has 0 radical (unpaired) electrons. The van der Waals surface area contributed by atoms with Gasteiger partial charge in [0.2, 0.25) is 11.8 Å². The predicted octanol–water partition coefficient (Wildman–Crippen LogP) is -0.757. The number of aryl methyl sites for hydroxylation is 1. The zero-order valence-electron chi connectivity index (χ0n) is 14.5. The molecule has 1 unspecified atom stereocenters. The summed E-state index contributed by atoms with van der Waals surface area (Å²) in [5.41, 5.74) is -0.103. The average Bonchev–Trinajstić information content (AvgIpc) is 2.62. The summed E-state index contributed by atoms with van der Waals surface area (Å²) in [5, 5.41) is 14.4. The molecule has 0 spiro atoms. The molecular weight excluding hydrogens is 467 g/mol. The smallest absolute Gasteiger partial charge is 0.328 e. The molecule has 1 heterocycles. The van der Waals surface area contributed by atoms with Crippen LogP contribution < -0.4 is 21.9 Å². The number of amides is 2. The Balaban J connectivity index is 1.96. The van der Waals surface area contributed by atoms with Crippen LogP contribution in [0.15, 0.2) is 40.1 Å². The van der Waals surface area contributed by atoms with E-state index >= 15 is 0 Å². The molecule has 0 aliphatic carbocycles. The Kier molecular flexibility index (Phi) is 7.30. The molecule has 0 saturated carbocycles. The Bertz CT molecular complexity index is 953. The lowest BCUT2D eigenvalue weighted by atomic mass is 10.2. The Labute approximate surface area is 167 Å². The number of nitrogens with one attached hydrogen (secondary N) is 3. The average molecular weight is 486 g/mol. The molecular formula is C17H19IN4O5. The molecule has 2 aromatic rings. The van der Waals surface area contributed by atoms with E-state index in [2.05, 4.69) is 38.2 Å². The number of nitrogens with zero attached hydrogens (tertiary/aromatic N) is 1. The molecule has 0 fully saturated rings. The van der Waals surface area contributed by atoms with Crippen LogP contribution in [-0.2, 0) is 22.7 Å². The van der Waals surface area contributed by atoms with E-state index in [0.717, 1.165) is 13.7 Å². The second kappa shape index (κ2) is 9.46. The number of rotatable bonds is 7. The van der Waals surface area contributed by atoms with Gasteiger partial charge in [-0.25, -0.2) is 4.79 Å². The molecule has 1 atom stereocenters. The van der Waals surface area contributed by atoms with E-state index in [4.69, 9.17) is 0 Å². The van der Waals surface area contributed by atoms with Gasteiger partial charge in [0.1, 0.15) is 12.6 Å². The number of aliphatic hydroxyl groups is 1. The number of aromatic nitrogens is 2. The normalized spacial score (nSPS) is 11.7. The molecule has 27 heavy (non-hydrogen) atoms. The van der Waals surface area contributed by atoms with E-state index < -0.39 is 42.3 Å². The minimum atomic E-state index is -1.15. The maximum atomic E-state index is 12.2. The van der Waals surface area contributed by atoms with Crippen LogP contribution in [0.3, 0.4) is 0 Å². The van der Waals surface area contributed by atoms with Gasteiger partial charge >= 0.3 is 5.69 Å². The fourth-order valence-electron chi connectivity index (χ4n) is 2.28. The Morgan fingerprint density at radius 2 is 2.07 bits per heavy atom. The third-order valence-corrected chi connectivity index (χ3v) is 4.36. The summed E-state index contributed by atoms with van der Waals surface area (Å²) in [7, 11) is 0. The van der Waals surface area contributed by atoms with Gasteiger partial charge < -0.3 is 15.7 Å². The van der Waals surface area contributed by atoms with Gasteiger partial charge in [-0.15, -0.1) is 0 Å². The number of hydrogen-bond acceptors (Lipinski definition) is 5. The topological polar surface area (TPSA) is 133 Å². The van der Waals surface area contributed by atoms with Gasteiger partial charge in [0, 0.05) is 21.9 Å². The summed E-state index contributed by atoms with van der Waals surface area (Å²) < 4.78 is 2.04. The molecule has 10 heteroatoms. The highest BCUT2D eigenvalue weighted by Gasteiger charge is 2.20. The predicted molar refractivity (Wildman–Crippen MR) is 106 cm³/mol. The summed E-state index contributed by atoms with van der Waals surface area (Å²) in [4.78, 5) is 49.4. The molecule has 2 rings (SSSR count). The lowest BCUT2D eigenvalue weighted by Gasteiger charge is -2.17. The number of halogens is 1. The van der Waals surface area contributed by atoms with Crippen molar-refractivity contribution >= 4 is 34.4 Å². The molecule has 0 aliphatic heterocycles. The minimum Gasteiger partial charge on any atom is -0.394 e. The number of benzene rings is 1. The van der Waals surface area contributed by atoms with Crippen molar-refractivity contribution in [2.75, 3.05) is 6.61 Å². The molecule has 9 nitrogen and oxygen atoms in total. The molecule has 2 amide bonds. The van der Waals surface area contributed by atoms with Gasteiger partial charge in [0.25, 0.3) is 5.56 Å². The van der Waals surface area contributed by atoms with Crippen LogP contribution in [0, 0.1) is 10.5 Å². The maximum Gasteiger partial charge on any atom is 0.328 e. The fraction of sp³-hybridized carbons (Fsp3) is 0.294. The molecule has 4 N–H and O–H groups in total. The van der Waals surface area contributed by atoms with Crippen molar-refractivity contribution in [3.05, 3.63) is 66.0 Å². The van der Waals surface area contributed by atoms with Crippen molar-refractivity contribution in [2.24, 2.45) is 0 Å². The highest BCUT2D eigenvalue weighted by atomic mass is 127. The number of H-pyrrole nitrogens is 1. The number of aromatic amines is 1. The van der Waals surface area contributed by atoms with Crippen LogP contribution in [0.5, 0.6) is 0 Å². The molecule has 1 aromatic carbocycles. The maximum absolute atomic E-state index is 12.2. The monoisotopic (exact) mass is 486 g/mol. The minimum absolute atomic E-state index is 0.251. The zero-order valence-corrected chi connectivity index (χ0v) is 16.6. The fourth-order valence-corrected chi connectivity index (χ4v) is 2.89. The quantitative estimate of drug-likeness (QED) is 0.382. The van der Waals surface area contributed by atoms with Gasteiger partial charge in [-0.05, 0) is 47.2 Å². The first-order valence-corrected chi connectivity index (χ1v) is 9.10. The van der Waals surface area contributed by atoms with Crippen molar-refractivity contribution in [1.82, 2.24) is 20.2 Å². The van der Waals surface area contributed by atoms with Crippen LogP contribution >= 0.6 is 22.6 Å². The molecule has 1 aromatic heterocycles. The second-order valence-corrected chi connectivity index (χ2v) is 7.10. The Morgan fingerprint density at radius 1 is 1.33 bits per heavy atom. The van der Waals surface area contributed by atoms with Crippen LogP contribution in [-0.4, -0.2) is 39.1 Å². The summed E-state index contributed by atoms with van der Waals surface area (Å²) in [6.45, 7) is 0.766. The third kappa shape index (κ3) is 6.03. The van der Waals surface area contributed by atoms with Gasteiger partial charge in [0.15, 0.2) is 0 Å². The van der Waals surface area contributed by atoms with Gasteiger partial charge in [-0.3, -0.25) is 23.9 Å². The Morgan fingerprint density at radius 3 is 2.74 bits per heavy atom. The van der Waals surface area contributed by atoms with Crippen molar-refractivity contribution < 1.29 is 14.7 Å². The van der Waals surface area contributed by atoms with Gasteiger partial charge in [0.05, 0.1) is 6.61 Å². The zero-order chi connectivity index (χ0) is 20.0. The van der Waals surface area contributed by atoms with Crippen molar-refractivity contribution in [3.8, 4) is 0 Å². The summed E-state index contributed by atoms with van der Waals surface area (Å²) >= 11 is 2.16. The summed E-state index contributed by atoms with van der Waals surface area (Å²) in [6.07, 6.45) is 1.26. The molecule has 144 valence electrons. The van der Waals surface area contributed by atoms with Crippen LogP contribution in [0.2, 0.25) is 0 Å². The number of carbonyl (C=O) groups is 2. The van der Waals surface area contributed by atoms with Crippen LogP contribution in [0.25, 0.3) is 0 Å². The van der Waals surface area contributed by atoms with Crippen molar-refractivity contribution in [3.63, 3.8) is 0 Å². The molecule has 0 aliphatic rings. The van der Waals surface area contributed by atoms with E-state index in [0.29, 0.717) is 0 Å². The van der Waals surface area contributed by atoms with Crippen molar-refractivity contribution in [1.29, 1.82) is 0 Å². The standard InChI is InChI=1S/C17H19IN4O5/c1-10-7-22(17(27)21-15(10)25)8-14(24)20-13(9-23)16(26)19-6-11-3-2-4-12(18)5-11/h2-5,7,13,23H,6,8-9H2,1H3,(H,19,26)(H,20,24)(H,21,25,27). The Hall–Kier alpha value is -2.47. The summed E-state index contributed by atoms with van der Waals surface area (Å²) in [5.74, 6) is -1.19. The molecule has 0 bridgehead atoms. The third-order valence-electron chi connectivity index (χ3n) is 3.69. The number of aliphatic hydroxyl groups excluding tert-OH is 1. The highest BCUT2D eigenvalue weighted by Crippen LogP contribution is 2.07. The molecule has 0 saturated heterocycles. The SMILES string of the molecule is Cc1cn(CC(=O)NC(CO)C(=O)NCc2cccc(I)c2)c(=O)[nH]c1=O. The lowest BCUT2D eigenvalue weighted by Crippen LogP contribution is -2.50. The van der Waals surface area contributed by atoms with Crippen molar-refractivity contribution in [2.45, 2.75) is 26.1 Å². The first-order chi connectivity index (χ1) is 12.8. The summed E-state index contributed by atoms with van der Waals surface area (Å²) in [6, 6.07) is 6.37. The second-order valence-electron chi connectivity index (χ2n) is 5.85. The van der Waals surface area contributed by atoms with E-state index in [1.54, 1.807) is 0 Å². The van der Waals surface area contributed by atoms with Gasteiger partial charge in [-0.2, -0.15) is 0 Å². The lowest BCUT2D eigenvalue weighted by molar-refractivity contribution is -0.130. The van der Waals surface area contributed by atoms with E-state index in [-0.39, 0.29) is 12.1 Å². The largest absolute Gasteiger partial charge is 0.394 e. The van der Waals surface area contributed by atoms with E-state index in [1.165, 1.54) is 13.1 Å². The number of carbonyl (C=O) groups excluding carboxylic acids is 2.